The molecule has 86 valence electrons. The lowest BCUT2D eigenvalue weighted by molar-refractivity contribution is -0.161. The number of carbonyl (C=O) groups is 1. The van der Waals surface area contributed by atoms with Gasteiger partial charge in [0.05, 0.1) is 24.7 Å². The zero-order valence-corrected chi connectivity index (χ0v) is 9.57. The van der Waals surface area contributed by atoms with Crippen molar-refractivity contribution in [2.45, 2.75) is 51.7 Å². The van der Waals surface area contributed by atoms with Crippen LogP contribution >= 0.6 is 0 Å². The lowest BCUT2D eigenvalue weighted by atomic mass is 9.75. The monoisotopic (exact) mass is 212 g/mol. The fourth-order valence-electron chi connectivity index (χ4n) is 2.78. The predicted molar refractivity (Wildman–Crippen MR) is 56.4 cm³/mol. The van der Waals surface area contributed by atoms with Crippen LogP contribution in [0.1, 0.15) is 39.5 Å². The zero-order valence-electron chi connectivity index (χ0n) is 9.57. The van der Waals surface area contributed by atoms with E-state index in [1.807, 2.05) is 0 Å². The Kier molecular flexibility index (Phi) is 3.29. The van der Waals surface area contributed by atoms with Gasteiger partial charge < -0.3 is 9.47 Å². The number of hydrogen-bond donors (Lipinski definition) is 0. The normalized spacial score (nSPS) is 36.2. The van der Waals surface area contributed by atoms with Gasteiger partial charge in [0, 0.05) is 0 Å². The number of ether oxygens (including phenoxy) is 2. The molecule has 0 aromatic heterocycles. The summed E-state index contributed by atoms with van der Waals surface area (Å²) in [5.41, 5.74) is 0. The van der Waals surface area contributed by atoms with Gasteiger partial charge >= 0.3 is 5.97 Å². The van der Waals surface area contributed by atoms with Crippen LogP contribution in [0.4, 0.5) is 0 Å². The van der Waals surface area contributed by atoms with E-state index in [-0.39, 0.29) is 11.9 Å². The number of carbonyl (C=O) groups excluding carboxylic acids is 1. The molecule has 15 heavy (non-hydrogen) atoms. The summed E-state index contributed by atoms with van der Waals surface area (Å²) in [6.07, 6.45) is 4.67. The smallest absolute Gasteiger partial charge is 0.309 e. The fourth-order valence-corrected chi connectivity index (χ4v) is 2.78. The predicted octanol–water partition coefficient (Wildman–Crippen LogP) is 2.14. The maximum Gasteiger partial charge on any atom is 0.309 e. The van der Waals surface area contributed by atoms with Crippen LogP contribution in [0, 0.1) is 11.8 Å². The highest BCUT2D eigenvalue weighted by molar-refractivity contribution is 5.73. The molecule has 0 aromatic carbocycles. The van der Waals surface area contributed by atoms with Crippen LogP contribution in [0.5, 0.6) is 0 Å². The average Bonchev–Trinajstić information content (AvgIpc) is 2.17. The summed E-state index contributed by atoms with van der Waals surface area (Å²) in [6, 6.07) is 0. The van der Waals surface area contributed by atoms with E-state index < -0.39 is 0 Å². The molecule has 1 unspecified atom stereocenters. The highest BCUT2D eigenvalue weighted by Crippen LogP contribution is 2.37. The van der Waals surface area contributed by atoms with Crippen LogP contribution in [-0.4, -0.2) is 24.8 Å². The number of rotatable bonds is 2. The summed E-state index contributed by atoms with van der Waals surface area (Å²) in [6.45, 7) is 4.75. The molecule has 1 aliphatic heterocycles. The second-order valence-corrected chi connectivity index (χ2v) is 4.94. The molecule has 2 rings (SSSR count). The number of cyclic esters (lactones) is 1. The van der Waals surface area contributed by atoms with Crippen molar-refractivity contribution in [1.82, 2.24) is 0 Å². The molecule has 1 saturated heterocycles. The summed E-state index contributed by atoms with van der Waals surface area (Å²) in [7, 11) is 0. The van der Waals surface area contributed by atoms with Gasteiger partial charge in [-0.3, -0.25) is 4.79 Å². The Bertz CT molecular complexity index is 237. The van der Waals surface area contributed by atoms with Crippen LogP contribution < -0.4 is 0 Å². The minimum atomic E-state index is 0.0225. The second kappa shape index (κ2) is 4.52. The molecule has 3 heteroatoms. The van der Waals surface area contributed by atoms with Gasteiger partial charge in [0.2, 0.25) is 0 Å². The van der Waals surface area contributed by atoms with Gasteiger partial charge in [-0.1, -0.05) is 0 Å². The van der Waals surface area contributed by atoms with Gasteiger partial charge in [-0.15, -0.1) is 0 Å². The minimum Gasteiger partial charge on any atom is -0.465 e. The molecule has 0 radical (unpaired) electrons. The molecule has 3 nitrogen and oxygen atoms in total. The molecule has 0 aromatic rings. The Balaban J connectivity index is 1.91. The van der Waals surface area contributed by atoms with E-state index in [0.29, 0.717) is 24.7 Å². The molecule has 1 aliphatic carbocycles. The Morgan fingerprint density at radius 2 is 2.13 bits per heavy atom. The zero-order chi connectivity index (χ0) is 10.8. The van der Waals surface area contributed by atoms with Crippen molar-refractivity contribution < 1.29 is 14.3 Å². The molecule has 2 fully saturated rings. The summed E-state index contributed by atoms with van der Waals surface area (Å²) in [5.74, 6) is 0.684. The number of esters is 1. The van der Waals surface area contributed by atoms with Crippen molar-refractivity contribution in [3.8, 4) is 0 Å². The third-order valence-corrected chi connectivity index (χ3v) is 3.43. The quantitative estimate of drug-likeness (QED) is 0.658. The third kappa shape index (κ3) is 2.51. The van der Waals surface area contributed by atoms with E-state index in [1.165, 1.54) is 0 Å². The van der Waals surface area contributed by atoms with Crippen molar-refractivity contribution in [1.29, 1.82) is 0 Å². The van der Waals surface area contributed by atoms with Gasteiger partial charge in [-0.25, -0.2) is 0 Å². The van der Waals surface area contributed by atoms with Crippen LogP contribution in [0.2, 0.25) is 0 Å². The van der Waals surface area contributed by atoms with Gasteiger partial charge in [-0.2, -0.15) is 0 Å². The Labute approximate surface area is 91.1 Å². The summed E-state index contributed by atoms with van der Waals surface area (Å²) >= 11 is 0. The first-order chi connectivity index (χ1) is 7.16. The summed E-state index contributed by atoms with van der Waals surface area (Å²) in [5, 5.41) is 0. The van der Waals surface area contributed by atoms with Crippen LogP contribution in [-0.2, 0) is 14.3 Å². The molecule has 0 N–H and O–H groups in total. The van der Waals surface area contributed by atoms with Gasteiger partial charge in [0.15, 0.2) is 0 Å². The first-order valence-corrected chi connectivity index (χ1v) is 5.99. The molecule has 1 saturated carbocycles. The van der Waals surface area contributed by atoms with Crippen molar-refractivity contribution in [3.05, 3.63) is 0 Å². The fraction of sp³-hybridized carbons (Fsp3) is 0.917. The van der Waals surface area contributed by atoms with Crippen molar-refractivity contribution >= 4 is 5.97 Å². The van der Waals surface area contributed by atoms with E-state index in [2.05, 4.69) is 13.8 Å². The highest BCUT2D eigenvalue weighted by atomic mass is 16.5. The minimum absolute atomic E-state index is 0.0225. The highest BCUT2D eigenvalue weighted by Gasteiger charge is 2.38. The lowest BCUT2D eigenvalue weighted by Crippen LogP contribution is -2.39. The Morgan fingerprint density at radius 1 is 1.33 bits per heavy atom. The molecule has 1 heterocycles. The summed E-state index contributed by atoms with van der Waals surface area (Å²) in [4.78, 5) is 11.5. The Hall–Kier alpha value is -0.570. The van der Waals surface area contributed by atoms with E-state index in [4.69, 9.17) is 9.47 Å². The molecule has 0 spiro atoms. The molecule has 3 atom stereocenters. The third-order valence-electron chi connectivity index (χ3n) is 3.43. The topological polar surface area (TPSA) is 35.5 Å². The van der Waals surface area contributed by atoms with E-state index in [9.17, 15) is 4.79 Å². The standard InChI is InChI=1S/C12H20O3/c1-8(2)15-10-3-4-11-9(7-10)5-6-14-12(11)13/h8-11H,3-7H2,1-2H3/t9-,10-,11?/m0/s1. The number of hydrogen-bond acceptors (Lipinski definition) is 3. The molecule has 0 bridgehead atoms. The lowest BCUT2D eigenvalue weighted by Gasteiger charge is -2.38. The van der Waals surface area contributed by atoms with E-state index in [1.54, 1.807) is 0 Å². The van der Waals surface area contributed by atoms with Crippen LogP contribution in [0.25, 0.3) is 0 Å². The maximum absolute atomic E-state index is 11.5. The number of fused-ring (bicyclic) bond motifs is 1. The first-order valence-electron chi connectivity index (χ1n) is 5.99. The van der Waals surface area contributed by atoms with Crippen molar-refractivity contribution in [2.75, 3.05) is 6.61 Å². The van der Waals surface area contributed by atoms with Gasteiger partial charge in [-0.05, 0) is 45.4 Å². The average molecular weight is 212 g/mol. The van der Waals surface area contributed by atoms with Crippen LogP contribution in [0.3, 0.4) is 0 Å². The molecular weight excluding hydrogens is 192 g/mol. The van der Waals surface area contributed by atoms with E-state index in [0.717, 1.165) is 25.7 Å². The second-order valence-electron chi connectivity index (χ2n) is 4.94. The molecular formula is C12H20O3. The Morgan fingerprint density at radius 3 is 2.87 bits per heavy atom. The first kappa shape index (κ1) is 10.9. The van der Waals surface area contributed by atoms with Gasteiger partial charge in [0.1, 0.15) is 0 Å². The van der Waals surface area contributed by atoms with E-state index >= 15 is 0 Å². The SMILES string of the molecule is CC(C)O[C@H]1CCC2C(=O)OCC[C@H]2C1. The maximum atomic E-state index is 11.5. The van der Waals surface area contributed by atoms with Crippen LogP contribution in [0.15, 0.2) is 0 Å². The summed E-state index contributed by atoms with van der Waals surface area (Å²) < 4.78 is 10.9. The van der Waals surface area contributed by atoms with Crippen molar-refractivity contribution in [2.24, 2.45) is 11.8 Å². The molecule has 2 aliphatic rings. The van der Waals surface area contributed by atoms with Gasteiger partial charge in [0.25, 0.3) is 0 Å². The van der Waals surface area contributed by atoms with Crippen molar-refractivity contribution in [3.63, 3.8) is 0 Å². The molecule has 0 amide bonds. The largest absolute Gasteiger partial charge is 0.465 e.